The summed E-state index contributed by atoms with van der Waals surface area (Å²) in [5, 5.41) is 6.18. The van der Waals surface area contributed by atoms with E-state index in [1.807, 2.05) is 39.8 Å². The lowest BCUT2D eigenvalue weighted by molar-refractivity contribution is -0.127. The number of guanidine groups is 1. The number of rotatable bonds is 7. The lowest BCUT2D eigenvalue weighted by Crippen LogP contribution is -2.43. The van der Waals surface area contributed by atoms with Crippen molar-refractivity contribution in [2.24, 2.45) is 4.99 Å². The van der Waals surface area contributed by atoms with Crippen LogP contribution in [0.4, 0.5) is 0 Å². The van der Waals surface area contributed by atoms with Gasteiger partial charge in [-0.2, -0.15) is 0 Å². The Hall–Kier alpha value is -2.57. The van der Waals surface area contributed by atoms with Crippen LogP contribution in [0.1, 0.15) is 33.3 Å². The highest BCUT2D eigenvalue weighted by atomic mass is 16.5. The standard InChI is InChI=1S/C19H31N5O2/c1-14(2)10-21-18(23-13-17(25)24(6)7)22-12-15-8-9-16(20-11-15)26-19(3,4)5/h8-9,11H,1,10,12-13H2,2-7H3,(H2,21,22,23). The summed E-state index contributed by atoms with van der Waals surface area (Å²) < 4.78 is 5.71. The van der Waals surface area contributed by atoms with E-state index in [1.54, 1.807) is 20.3 Å². The fraction of sp³-hybridized carbons (Fsp3) is 0.526. The van der Waals surface area contributed by atoms with Gasteiger partial charge in [0.2, 0.25) is 11.8 Å². The predicted octanol–water partition coefficient (Wildman–Crippen LogP) is 1.96. The number of carbonyl (C=O) groups excluding carboxylic acids is 1. The van der Waals surface area contributed by atoms with Crippen molar-refractivity contribution in [3.63, 3.8) is 0 Å². The number of nitrogens with zero attached hydrogens (tertiary/aromatic N) is 3. The molecule has 0 saturated carbocycles. The average molecular weight is 361 g/mol. The Morgan fingerprint density at radius 2 is 1.92 bits per heavy atom. The van der Waals surface area contributed by atoms with E-state index < -0.39 is 0 Å². The number of aromatic nitrogens is 1. The molecule has 0 bridgehead atoms. The van der Waals surface area contributed by atoms with Gasteiger partial charge >= 0.3 is 0 Å². The molecule has 7 heteroatoms. The number of likely N-dealkylation sites (N-methyl/N-ethyl adjacent to an activating group) is 1. The second-order valence-electron chi connectivity index (χ2n) is 7.34. The van der Waals surface area contributed by atoms with Crippen molar-refractivity contribution in [3.05, 3.63) is 36.0 Å². The number of ether oxygens (including phenoxy) is 1. The second-order valence-corrected chi connectivity index (χ2v) is 7.34. The van der Waals surface area contributed by atoms with Crippen molar-refractivity contribution in [1.29, 1.82) is 0 Å². The summed E-state index contributed by atoms with van der Waals surface area (Å²) in [7, 11) is 3.43. The maximum atomic E-state index is 11.8. The van der Waals surface area contributed by atoms with Crippen LogP contribution in [-0.2, 0) is 11.3 Å². The fourth-order valence-corrected chi connectivity index (χ4v) is 1.78. The molecule has 2 N–H and O–H groups in total. The third-order valence-corrected chi connectivity index (χ3v) is 3.09. The van der Waals surface area contributed by atoms with Crippen LogP contribution in [0.5, 0.6) is 5.88 Å². The summed E-state index contributed by atoms with van der Waals surface area (Å²) in [4.78, 5) is 22.1. The van der Waals surface area contributed by atoms with E-state index in [1.165, 1.54) is 4.90 Å². The van der Waals surface area contributed by atoms with E-state index in [2.05, 4.69) is 27.2 Å². The molecule has 1 amide bonds. The quantitative estimate of drug-likeness (QED) is 0.441. The highest BCUT2D eigenvalue weighted by Crippen LogP contribution is 2.15. The van der Waals surface area contributed by atoms with Crippen molar-refractivity contribution in [2.75, 3.05) is 27.2 Å². The van der Waals surface area contributed by atoms with Crippen molar-refractivity contribution in [3.8, 4) is 5.88 Å². The number of carbonyl (C=O) groups is 1. The first-order valence-electron chi connectivity index (χ1n) is 8.57. The molecule has 26 heavy (non-hydrogen) atoms. The third-order valence-electron chi connectivity index (χ3n) is 3.09. The van der Waals surface area contributed by atoms with Gasteiger partial charge in [-0.3, -0.25) is 4.79 Å². The van der Waals surface area contributed by atoms with Crippen LogP contribution in [0.3, 0.4) is 0 Å². The normalized spacial score (nSPS) is 11.7. The van der Waals surface area contributed by atoms with Crippen LogP contribution in [0, 0.1) is 0 Å². The Kier molecular flexibility index (Phi) is 8.09. The van der Waals surface area contributed by atoms with Gasteiger partial charge in [-0.05, 0) is 33.3 Å². The molecule has 0 spiro atoms. The third kappa shape index (κ3) is 9.05. The van der Waals surface area contributed by atoms with Gasteiger partial charge in [-0.25, -0.2) is 9.98 Å². The van der Waals surface area contributed by atoms with Crippen molar-refractivity contribution in [1.82, 2.24) is 20.5 Å². The monoisotopic (exact) mass is 361 g/mol. The molecular formula is C19H31N5O2. The van der Waals surface area contributed by atoms with Crippen LogP contribution < -0.4 is 15.4 Å². The van der Waals surface area contributed by atoms with Gasteiger partial charge in [0.1, 0.15) is 5.60 Å². The van der Waals surface area contributed by atoms with Gasteiger partial charge in [-0.15, -0.1) is 0 Å². The van der Waals surface area contributed by atoms with E-state index in [-0.39, 0.29) is 18.1 Å². The number of pyridine rings is 1. The molecule has 0 radical (unpaired) electrons. The SMILES string of the molecule is C=C(C)CNC(=NCc1ccc(OC(C)(C)C)nc1)NCC(=O)N(C)C. The van der Waals surface area contributed by atoms with Crippen LogP contribution in [0.15, 0.2) is 35.5 Å². The summed E-state index contributed by atoms with van der Waals surface area (Å²) in [5.74, 6) is 1.11. The number of aliphatic imine (C=N–C) groups is 1. The molecule has 0 fully saturated rings. The van der Waals surface area contributed by atoms with Crippen LogP contribution >= 0.6 is 0 Å². The van der Waals surface area contributed by atoms with Gasteiger partial charge in [0.15, 0.2) is 5.96 Å². The largest absolute Gasteiger partial charge is 0.472 e. The first-order valence-corrected chi connectivity index (χ1v) is 8.57. The molecule has 0 aromatic carbocycles. The fourth-order valence-electron chi connectivity index (χ4n) is 1.78. The Morgan fingerprint density at radius 3 is 2.42 bits per heavy atom. The number of amides is 1. The summed E-state index contributed by atoms with van der Waals surface area (Å²) in [6.45, 7) is 12.9. The molecule has 0 atom stereocenters. The Morgan fingerprint density at radius 1 is 1.27 bits per heavy atom. The van der Waals surface area contributed by atoms with Crippen molar-refractivity contribution in [2.45, 2.75) is 39.8 Å². The van der Waals surface area contributed by atoms with Crippen LogP contribution in [0.2, 0.25) is 0 Å². The minimum absolute atomic E-state index is 0.0276. The van der Waals surface area contributed by atoms with Gasteiger partial charge in [-0.1, -0.05) is 18.2 Å². The van der Waals surface area contributed by atoms with Crippen LogP contribution in [-0.4, -0.2) is 54.5 Å². The topological polar surface area (TPSA) is 78.9 Å². The number of nitrogens with one attached hydrogen (secondary N) is 2. The average Bonchev–Trinajstić information content (AvgIpc) is 2.53. The van der Waals surface area contributed by atoms with E-state index >= 15 is 0 Å². The zero-order chi connectivity index (χ0) is 19.7. The van der Waals surface area contributed by atoms with Crippen molar-refractivity contribution >= 4 is 11.9 Å². The zero-order valence-corrected chi connectivity index (χ0v) is 16.7. The van der Waals surface area contributed by atoms with E-state index in [0.717, 1.165) is 11.1 Å². The molecule has 7 nitrogen and oxygen atoms in total. The molecule has 0 saturated heterocycles. The van der Waals surface area contributed by atoms with Gasteiger partial charge in [0.25, 0.3) is 0 Å². The van der Waals surface area contributed by atoms with Gasteiger partial charge < -0.3 is 20.3 Å². The number of hydrogen-bond donors (Lipinski definition) is 2. The summed E-state index contributed by atoms with van der Waals surface area (Å²) in [5.41, 5.74) is 1.64. The maximum Gasteiger partial charge on any atom is 0.241 e. The molecule has 0 aliphatic carbocycles. The van der Waals surface area contributed by atoms with Gasteiger partial charge in [0.05, 0.1) is 13.1 Å². The van der Waals surface area contributed by atoms with Crippen molar-refractivity contribution < 1.29 is 9.53 Å². The molecule has 0 aliphatic heterocycles. The van der Waals surface area contributed by atoms with E-state index in [0.29, 0.717) is 24.9 Å². The molecule has 0 aliphatic rings. The molecule has 1 aromatic heterocycles. The second kappa shape index (κ2) is 9.79. The predicted molar refractivity (Wildman–Crippen MR) is 105 cm³/mol. The smallest absolute Gasteiger partial charge is 0.241 e. The molecule has 1 rings (SSSR count). The lowest BCUT2D eigenvalue weighted by atomic mass is 10.2. The first kappa shape index (κ1) is 21.5. The Balaban J connectivity index is 2.72. The Labute approximate surface area is 156 Å². The first-order chi connectivity index (χ1) is 12.1. The zero-order valence-electron chi connectivity index (χ0n) is 16.7. The van der Waals surface area contributed by atoms with E-state index in [4.69, 9.17) is 4.74 Å². The molecular weight excluding hydrogens is 330 g/mol. The highest BCUT2D eigenvalue weighted by Gasteiger charge is 2.12. The van der Waals surface area contributed by atoms with Gasteiger partial charge in [0, 0.05) is 32.9 Å². The highest BCUT2D eigenvalue weighted by molar-refractivity contribution is 5.86. The minimum Gasteiger partial charge on any atom is -0.472 e. The molecule has 0 unspecified atom stereocenters. The summed E-state index contributed by atoms with van der Waals surface area (Å²) >= 11 is 0. The maximum absolute atomic E-state index is 11.8. The summed E-state index contributed by atoms with van der Waals surface area (Å²) in [6, 6.07) is 3.76. The van der Waals surface area contributed by atoms with Crippen LogP contribution in [0.25, 0.3) is 0 Å². The lowest BCUT2D eigenvalue weighted by Gasteiger charge is -2.20. The Bertz CT molecular complexity index is 630. The van der Waals surface area contributed by atoms with E-state index in [9.17, 15) is 4.79 Å². The minimum atomic E-state index is -0.283. The summed E-state index contributed by atoms with van der Waals surface area (Å²) in [6.07, 6.45) is 1.74. The number of hydrogen-bond acceptors (Lipinski definition) is 4. The molecule has 1 heterocycles. The molecule has 1 aromatic rings. The molecule has 144 valence electrons.